The van der Waals surface area contributed by atoms with E-state index < -0.39 is 10.0 Å². The Labute approximate surface area is 187 Å². The molecular weight excluding hydrogens is 424 g/mol. The van der Waals surface area contributed by atoms with E-state index in [0.29, 0.717) is 6.42 Å². The van der Waals surface area contributed by atoms with E-state index in [0.717, 1.165) is 22.5 Å². The van der Waals surface area contributed by atoms with Crippen LogP contribution >= 0.6 is 0 Å². The summed E-state index contributed by atoms with van der Waals surface area (Å²) >= 11 is 0. The number of benzene rings is 2. The predicted molar refractivity (Wildman–Crippen MR) is 125 cm³/mol. The van der Waals surface area contributed by atoms with Crippen molar-refractivity contribution in [3.63, 3.8) is 0 Å². The van der Waals surface area contributed by atoms with E-state index in [2.05, 4.69) is 24.8 Å². The summed E-state index contributed by atoms with van der Waals surface area (Å²) in [4.78, 5) is 8.86. The Balaban J connectivity index is 1.78. The van der Waals surface area contributed by atoms with Crippen LogP contribution in [0.1, 0.15) is 35.0 Å². The largest absolute Gasteiger partial charge is 0.292 e. The number of aromatic nitrogens is 2. The number of aryl methyl sites for hydroxylation is 3. The standard InChI is InChI=1S/C23H24N6O2S/c1-16-9-11-20(12-10-16)32(30,31)28-23(27-22-25-17(2)15-18(3)26-22)29-21(13-14-24-29)19-7-5-4-6-8-19/h4-12,14-15,21H,13H2,1-3H3,(H,25,26,27,28). The summed E-state index contributed by atoms with van der Waals surface area (Å²) < 4.78 is 30.4. The molecule has 2 aromatic carbocycles. The van der Waals surface area contributed by atoms with Gasteiger partial charge in [-0.25, -0.2) is 15.0 Å². The molecule has 0 aliphatic carbocycles. The van der Waals surface area contributed by atoms with Gasteiger partial charge in [0.2, 0.25) is 11.9 Å². The molecule has 1 aliphatic rings. The van der Waals surface area contributed by atoms with Crippen LogP contribution in [0.15, 0.2) is 75.1 Å². The summed E-state index contributed by atoms with van der Waals surface area (Å²) in [7, 11) is -4.01. The summed E-state index contributed by atoms with van der Waals surface area (Å²) in [5, 5.41) is 8.99. The molecule has 0 saturated heterocycles. The van der Waals surface area contributed by atoms with Crippen LogP contribution in [0.3, 0.4) is 0 Å². The van der Waals surface area contributed by atoms with Crippen LogP contribution < -0.4 is 5.32 Å². The Kier molecular flexibility index (Phi) is 6.00. The molecule has 0 radical (unpaired) electrons. The van der Waals surface area contributed by atoms with Gasteiger partial charge in [-0.15, -0.1) is 4.40 Å². The lowest BCUT2D eigenvalue weighted by Gasteiger charge is -2.25. The molecule has 8 nitrogen and oxygen atoms in total. The SMILES string of the molecule is Cc1ccc(S(=O)(=O)/N=C(/Nc2nc(C)cc(C)n2)N2N=CCC2c2ccccc2)cc1. The van der Waals surface area contributed by atoms with Crippen molar-refractivity contribution in [2.75, 3.05) is 5.32 Å². The third kappa shape index (κ3) is 4.83. The smallest absolute Gasteiger partial charge is 0.285 e. The van der Waals surface area contributed by atoms with E-state index in [1.54, 1.807) is 35.5 Å². The average Bonchev–Trinajstić information content (AvgIpc) is 3.23. The third-order valence-electron chi connectivity index (χ3n) is 4.96. The number of anilines is 1. The van der Waals surface area contributed by atoms with Gasteiger partial charge in [0.25, 0.3) is 10.0 Å². The Morgan fingerprint density at radius 2 is 1.66 bits per heavy atom. The summed E-state index contributed by atoms with van der Waals surface area (Å²) in [5.74, 6) is 0.299. The Morgan fingerprint density at radius 1 is 1.00 bits per heavy atom. The lowest BCUT2D eigenvalue weighted by Crippen LogP contribution is -2.34. The fourth-order valence-electron chi connectivity index (χ4n) is 3.45. The Bertz CT molecular complexity index is 1250. The van der Waals surface area contributed by atoms with E-state index in [1.807, 2.05) is 57.2 Å². The second-order valence-electron chi connectivity index (χ2n) is 7.61. The summed E-state index contributed by atoms with van der Waals surface area (Å²) in [6.45, 7) is 5.59. The molecule has 2 heterocycles. The monoisotopic (exact) mass is 448 g/mol. The van der Waals surface area contributed by atoms with Crippen LogP contribution in [0.4, 0.5) is 5.95 Å². The van der Waals surface area contributed by atoms with E-state index in [1.165, 1.54) is 0 Å². The number of hydrogen-bond donors (Lipinski definition) is 1. The van der Waals surface area contributed by atoms with Crippen molar-refractivity contribution in [2.24, 2.45) is 9.50 Å². The van der Waals surface area contributed by atoms with Crippen LogP contribution in [0, 0.1) is 20.8 Å². The molecule has 1 N–H and O–H groups in total. The second-order valence-corrected chi connectivity index (χ2v) is 9.21. The number of rotatable bonds is 4. The van der Waals surface area contributed by atoms with Gasteiger partial charge in [-0.3, -0.25) is 5.32 Å². The van der Waals surface area contributed by atoms with Gasteiger partial charge in [-0.2, -0.15) is 13.5 Å². The van der Waals surface area contributed by atoms with E-state index in [-0.39, 0.29) is 22.8 Å². The van der Waals surface area contributed by atoms with Gasteiger partial charge in [-0.1, -0.05) is 48.0 Å². The molecule has 3 aromatic rings. The topological polar surface area (TPSA) is 99.9 Å². The quantitative estimate of drug-likeness (QED) is 0.478. The minimum absolute atomic E-state index is 0.0400. The minimum Gasteiger partial charge on any atom is -0.292 e. The zero-order valence-corrected chi connectivity index (χ0v) is 18.9. The molecule has 1 atom stereocenters. The van der Waals surface area contributed by atoms with Crippen LogP contribution in [-0.4, -0.2) is 35.6 Å². The molecular formula is C23H24N6O2S. The van der Waals surface area contributed by atoms with E-state index in [4.69, 9.17) is 0 Å². The van der Waals surface area contributed by atoms with Crippen LogP contribution in [-0.2, 0) is 10.0 Å². The fraction of sp³-hybridized carbons (Fsp3) is 0.217. The molecule has 0 fully saturated rings. The highest BCUT2D eigenvalue weighted by Gasteiger charge is 2.29. The molecule has 0 amide bonds. The van der Waals surface area contributed by atoms with Gasteiger partial charge in [0.15, 0.2) is 0 Å². The molecule has 4 rings (SSSR count). The van der Waals surface area contributed by atoms with Crippen molar-refractivity contribution in [1.82, 2.24) is 15.0 Å². The van der Waals surface area contributed by atoms with E-state index >= 15 is 0 Å². The predicted octanol–water partition coefficient (Wildman–Crippen LogP) is 3.99. The van der Waals surface area contributed by atoms with Gasteiger partial charge in [0, 0.05) is 24.0 Å². The first-order chi connectivity index (χ1) is 15.3. The van der Waals surface area contributed by atoms with Gasteiger partial charge < -0.3 is 0 Å². The molecule has 1 aliphatic heterocycles. The molecule has 0 saturated carbocycles. The molecule has 0 spiro atoms. The van der Waals surface area contributed by atoms with E-state index in [9.17, 15) is 8.42 Å². The maximum absolute atomic E-state index is 13.1. The summed E-state index contributed by atoms with van der Waals surface area (Å²) in [6, 6.07) is 18.0. The maximum atomic E-state index is 13.1. The molecule has 164 valence electrons. The molecule has 1 unspecified atom stereocenters. The van der Waals surface area contributed by atoms with Crippen LogP contribution in [0.5, 0.6) is 0 Å². The lowest BCUT2D eigenvalue weighted by atomic mass is 10.1. The zero-order chi connectivity index (χ0) is 22.7. The first-order valence-electron chi connectivity index (χ1n) is 10.2. The molecule has 9 heteroatoms. The first kappa shape index (κ1) is 21.6. The number of nitrogens with one attached hydrogen (secondary N) is 1. The van der Waals surface area contributed by atoms with Gasteiger partial charge in [0.05, 0.1) is 10.9 Å². The fourth-order valence-corrected chi connectivity index (χ4v) is 4.39. The van der Waals surface area contributed by atoms with Crippen molar-refractivity contribution in [3.05, 3.63) is 83.2 Å². The maximum Gasteiger partial charge on any atom is 0.285 e. The van der Waals surface area contributed by atoms with Crippen LogP contribution in [0.2, 0.25) is 0 Å². The number of hydrazone groups is 1. The molecule has 0 bridgehead atoms. The van der Waals surface area contributed by atoms with Gasteiger partial charge in [0.1, 0.15) is 0 Å². The third-order valence-corrected chi connectivity index (χ3v) is 6.24. The summed E-state index contributed by atoms with van der Waals surface area (Å²) in [5.41, 5.74) is 3.47. The van der Waals surface area contributed by atoms with Crippen LogP contribution in [0.25, 0.3) is 0 Å². The number of sulfonamides is 1. The second kappa shape index (κ2) is 8.88. The summed E-state index contributed by atoms with van der Waals surface area (Å²) in [6.07, 6.45) is 2.36. The highest BCUT2D eigenvalue weighted by Crippen LogP contribution is 2.29. The van der Waals surface area contributed by atoms with Gasteiger partial charge >= 0.3 is 0 Å². The zero-order valence-electron chi connectivity index (χ0n) is 18.1. The number of hydrogen-bond acceptors (Lipinski definition) is 5. The highest BCUT2D eigenvalue weighted by molar-refractivity contribution is 7.90. The molecule has 1 aromatic heterocycles. The normalized spacial score (nSPS) is 16.4. The highest BCUT2D eigenvalue weighted by atomic mass is 32.2. The average molecular weight is 449 g/mol. The lowest BCUT2D eigenvalue weighted by molar-refractivity contribution is 0.369. The van der Waals surface area contributed by atoms with Crippen molar-refractivity contribution in [2.45, 2.75) is 38.1 Å². The van der Waals surface area contributed by atoms with Crippen molar-refractivity contribution >= 4 is 28.1 Å². The number of nitrogens with zero attached hydrogens (tertiary/aromatic N) is 5. The first-order valence-corrected chi connectivity index (χ1v) is 11.6. The minimum atomic E-state index is -4.01. The van der Waals surface area contributed by atoms with Crippen molar-refractivity contribution in [3.8, 4) is 0 Å². The molecule has 32 heavy (non-hydrogen) atoms. The Hall–Kier alpha value is -3.59. The van der Waals surface area contributed by atoms with Gasteiger partial charge in [-0.05, 0) is 44.5 Å². The Morgan fingerprint density at radius 3 is 2.31 bits per heavy atom. The number of guanidine groups is 1. The van der Waals surface area contributed by atoms with Crippen molar-refractivity contribution < 1.29 is 8.42 Å². The van der Waals surface area contributed by atoms with Crippen molar-refractivity contribution in [1.29, 1.82) is 0 Å².